The van der Waals surface area contributed by atoms with Crippen molar-refractivity contribution in [3.63, 3.8) is 0 Å². The van der Waals surface area contributed by atoms with Crippen molar-refractivity contribution in [2.45, 2.75) is 41.4 Å². The quantitative estimate of drug-likeness (QED) is 0.223. The molecule has 0 saturated heterocycles. The van der Waals surface area contributed by atoms with Crippen LogP contribution in [0, 0.1) is 17.5 Å². The minimum Gasteiger partial charge on any atom is -0.207 e. The van der Waals surface area contributed by atoms with Crippen molar-refractivity contribution in [1.29, 1.82) is 0 Å². The number of carbonyl (C=O) groups excluding carboxylic acids is 1. The van der Waals surface area contributed by atoms with Gasteiger partial charge in [-0.05, 0) is 6.07 Å². The van der Waals surface area contributed by atoms with Gasteiger partial charge in [0.2, 0.25) is 0 Å². The molecule has 2 aromatic rings. The number of amides is 1. The Morgan fingerprint density at radius 2 is 1.88 bits per heavy atom. The summed E-state index contributed by atoms with van der Waals surface area (Å²) in [6, 6.07) is 0.704. The Bertz CT molecular complexity index is 1110. The zero-order valence-electron chi connectivity index (χ0n) is 16.7. The first-order valence-electron chi connectivity index (χ1n) is 9.78. The molecule has 0 spiro atoms. The average Bonchev–Trinajstić information content (AvgIpc) is 3.19. The van der Waals surface area contributed by atoms with Crippen molar-refractivity contribution in [3.8, 4) is 0 Å². The Morgan fingerprint density at radius 1 is 1.16 bits per heavy atom. The summed E-state index contributed by atoms with van der Waals surface area (Å²) in [4.78, 5) is 18.5. The molecular formula is C20H17F5N5OTl. The van der Waals surface area contributed by atoms with Crippen molar-refractivity contribution >= 4 is 38.4 Å². The van der Waals surface area contributed by atoms with Gasteiger partial charge in [0.1, 0.15) is 5.82 Å². The Balaban J connectivity index is 1.53. The molecule has 0 saturated carbocycles. The van der Waals surface area contributed by atoms with Crippen molar-refractivity contribution in [2.75, 3.05) is 6.54 Å². The van der Waals surface area contributed by atoms with Crippen LogP contribution in [0.25, 0.3) is 0 Å². The predicted molar refractivity (Wildman–Crippen MR) is 105 cm³/mol. The van der Waals surface area contributed by atoms with E-state index in [1.165, 1.54) is 9.47 Å². The summed E-state index contributed by atoms with van der Waals surface area (Å²) in [6.07, 6.45) is 1.96. The van der Waals surface area contributed by atoms with Gasteiger partial charge in [-0.15, -0.1) is 0 Å². The molecule has 0 N–H and O–H groups in total. The molecule has 2 aliphatic rings. The Hall–Kier alpha value is -2.19. The van der Waals surface area contributed by atoms with Crippen LogP contribution in [0.4, 0.5) is 22.0 Å². The van der Waals surface area contributed by atoms with Gasteiger partial charge < -0.3 is 0 Å². The van der Waals surface area contributed by atoms with Gasteiger partial charge >= 0.3 is 153 Å². The van der Waals surface area contributed by atoms with E-state index in [1.54, 1.807) is 6.08 Å². The number of hydrogen-bond donors (Lipinski definition) is 0. The summed E-state index contributed by atoms with van der Waals surface area (Å²) in [7, 11) is 0. The van der Waals surface area contributed by atoms with Gasteiger partial charge in [0.25, 0.3) is 0 Å². The number of alkyl halides is 2. The monoisotopic (exact) mass is 643 g/mol. The third-order valence-corrected chi connectivity index (χ3v) is 6.80. The van der Waals surface area contributed by atoms with Crippen LogP contribution >= 0.6 is 0 Å². The summed E-state index contributed by atoms with van der Waals surface area (Å²) in [5, 5.41) is 7.42. The van der Waals surface area contributed by atoms with E-state index in [0.717, 1.165) is 6.07 Å². The van der Waals surface area contributed by atoms with Gasteiger partial charge in [-0.2, -0.15) is 0 Å². The molecular weight excluding hydrogens is 626 g/mol. The Morgan fingerprint density at radius 3 is 2.56 bits per heavy atom. The van der Waals surface area contributed by atoms with Crippen LogP contribution in [0.15, 0.2) is 28.8 Å². The van der Waals surface area contributed by atoms with Gasteiger partial charge in [-0.3, -0.25) is 0 Å². The average molecular weight is 643 g/mol. The van der Waals surface area contributed by atoms with Crippen molar-refractivity contribution in [2.24, 2.45) is 4.99 Å². The smallest absolute Gasteiger partial charge is 0.207 e. The van der Waals surface area contributed by atoms with Crippen LogP contribution < -0.4 is 0 Å². The molecule has 166 valence electrons. The van der Waals surface area contributed by atoms with Crippen LogP contribution in [-0.4, -0.2) is 70.6 Å². The van der Waals surface area contributed by atoms with Crippen molar-refractivity contribution < 1.29 is 26.7 Å². The summed E-state index contributed by atoms with van der Waals surface area (Å²) in [5.74, 6) is -4.30. The first-order chi connectivity index (χ1) is 15.1. The summed E-state index contributed by atoms with van der Waals surface area (Å²) in [6.45, 7) is 3.92. The van der Waals surface area contributed by atoms with Crippen molar-refractivity contribution in [1.82, 2.24) is 19.7 Å². The molecule has 0 radical (unpaired) electrons. The Labute approximate surface area is 195 Å². The summed E-state index contributed by atoms with van der Waals surface area (Å²) in [5.41, 5.74) is 0.400. The minimum absolute atomic E-state index is 0.0209. The van der Waals surface area contributed by atoms with E-state index in [2.05, 4.69) is 21.9 Å². The number of rotatable bonds is 4. The van der Waals surface area contributed by atoms with Crippen LogP contribution in [-0.2, 0) is 21.4 Å². The SMILES string of the molecule is C=N[C@H]1CC(C(=O)N2CCn3c(nnc3[C](F)(F)[Tl])C2)=CC[C@@H]1c1cc(F)c(F)cc1F. The van der Waals surface area contributed by atoms with E-state index in [-0.39, 0.29) is 55.6 Å². The molecule has 1 aromatic heterocycles. The molecule has 32 heavy (non-hydrogen) atoms. The number of aliphatic imine (C=N–C) groups is 1. The number of nitrogens with zero attached hydrogens (tertiary/aromatic N) is 5. The molecule has 2 heterocycles. The van der Waals surface area contributed by atoms with E-state index >= 15 is 0 Å². The van der Waals surface area contributed by atoms with Crippen LogP contribution in [0.3, 0.4) is 0 Å². The van der Waals surface area contributed by atoms with Crippen LogP contribution in [0.1, 0.15) is 36.0 Å². The topological polar surface area (TPSA) is 63.4 Å². The number of benzene rings is 1. The second-order valence-corrected chi connectivity index (χ2v) is 10.6. The van der Waals surface area contributed by atoms with Gasteiger partial charge in [0, 0.05) is 6.07 Å². The molecule has 1 aliphatic carbocycles. The molecule has 0 bridgehead atoms. The third kappa shape index (κ3) is 4.22. The van der Waals surface area contributed by atoms with E-state index in [9.17, 15) is 26.7 Å². The van der Waals surface area contributed by atoms with Crippen molar-refractivity contribution in [3.05, 3.63) is 58.4 Å². The van der Waals surface area contributed by atoms with Crippen LogP contribution in [0.5, 0.6) is 0 Å². The fraction of sp³-hybridized carbons (Fsp3) is 0.400. The second-order valence-electron chi connectivity index (χ2n) is 7.75. The maximum absolute atomic E-state index is 14.3. The molecule has 0 unspecified atom stereocenters. The molecule has 12 heteroatoms. The van der Waals surface area contributed by atoms with Gasteiger partial charge in [0.05, 0.1) is 0 Å². The number of halogens is 5. The van der Waals surface area contributed by atoms with Crippen LogP contribution in [0.2, 0.25) is 0 Å². The molecule has 1 aliphatic heterocycles. The predicted octanol–water partition coefficient (Wildman–Crippen LogP) is 2.83. The van der Waals surface area contributed by atoms with E-state index in [1.807, 2.05) is 0 Å². The van der Waals surface area contributed by atoms with Gasteiger partial charge in [-0.25, -0.2) is 13.2 Å². The van der Waals surface area contributed by atoms with E-state index in [0.29, 0.717) is 11.6 Å². The molecule has 0 fully saturated rings. The first kappa shape index (κ1) is 23.0. The standard InChI is InChI=1S/C20H17F5N5O.Tl/c1-26-16-6-10(2-3-11(16)12-7-14(22)15(23)8-13(12)21)20(31)29-4-5-30-17(9-29)27-28-19(30)18(24)25;/h2,7-8,11,16H,1,3-6,9H2;/t11-,16+;/m1./s1. The molecule has 6 nitrogen and oxygen atoms in total. The molecule has 1 amide bonds. The summed E-state index contributed by atoms with van der Waals surface area (Å²) >= 11 is -0.622. The number of carbonyl (C=O) groups is 1. The summed E-state index contributed by atoms with van der Waals surface area (Å²) < 4.78 is 67.1. The third-order valence-electron chi connectivity index (χ3n) is 5.80. The van der Waals surface area contributed by atoms with Gasteiger partial charge in [-0.1, -0.05) is 0 Å². The first-order valence-corrected chi connectivity index (χ1v) is 12.0. The number of hydrogen-bond acceptors (Lipinski definition) is 4. The normalized spacial score (nSPS) is 21.1. The number of aromatic nitrogens is 3. The van der Waals surface area contributed by atoms with E-state index in [4.69, 9.17) is 0 Å². The fourth-order valence-electron chi connectivity index (χ4n) is 4.18. The van der Waals surface area contributed by atoms with Gasteiger partial charge in [0.15, 0.2) is 11.6 Å². The zero-order valence-corrected chi connectivity index (χ0v) is 21.2. The zero-order chi connectivity index (χ0) is 23.2. The number of allylic oxidation sites excluding steroid dienone is 1. The minimum atomic E-state index is -2.98. The molecule has 4 rings (SSSR count). The maximum atomic E-state index is 14.3. The number of fused-ring (bicyclic) bond motifs is 1. The second kappa shape index (κ2) is 8.63. The fourth-order valence-corrected chi connectivity index (χ4v) is 5.01. The molecule has 2 atom stereocenters. The molecule has 1 aromatic carbocycles. The Kier molecular flexibility index (Phi) is 6.20. The van der Waals surface area contributed by atoms with E-state index < -0.39 is 58.7 Å².